The summed E-state index contributed by atoms with van der Waals surface area (Å²) in [5.41, 5.74) is 12.8. The van der Waals surface area contributed by atoms with Crippen molar-refractivity contribution in [3.8, 4) is 56.4 Å². The van der Waals surface area contributed by atoms with Crippen LogP contribution in [0.3, 0.4) is 0 Å². The van der Waals surface area contributed by atoms with E-state index in [4.69, 9.17) is 9.47 Å². The SMILES string of the molecule is CC(C)(c1ccccc1)c1ccc2c(c1)Oc1cc(-c3c4ccccc4c(-c4ccc(-c5ccccc5)c5ccccc45)c4ccccc34)cc3c1B2c1ccccc1O3. The van der Waals surface area contributed by atoms with E-state index in [0.29, 0.717) is 0 Å². The molecule has 0 spiro atoms. The predicted octanol–water partition coefficient (Wildman–Crippen LogP) is 13.2. The summed E-state index contributed by atoms with van der Waals surface area (Å²) in [4.78, 5) is 0. The van der Waals surface area contributed by atoms with Gasteiger partial charge in [-0.25, -0.2) is 0 Å². The van der Waals surface area contributed by atoms with Crippen LogP contribution < -0.4 is 25.9 Å². The van der Waals surface area contributed by atoms with E-state index in [2.05, 4.69) is 214 Å². The van der Waals surface area contributed by atoms with E-state index in [0.717, 1.165) is 44.9 Å². The van der Waals surface area contributed by atoms with Gasteiger partial charge < -0.3 is 9.47 Å². The lowest BCUT2D eigenvalue weighted by molar-refractivity contribution is 0.463. The average Bonchev–Trinajstić information content (AvgIpc) is 3.30. The van der Waals surface area contributed by atoms with Gasteiger partial charge in [-0.3, -0.25) is 0 Å². The molecule has 0 aliphatic carbocycles. The molecule has 2 aliphatic heterocycles. The van der Waals surface area contributed by atoms with Crippen molar-refractivity contribution in [1.82, 2.24) is 0 Å². The van der Waals surface area contributed by atoms with Gasteiger partial charge in [0, 0.05) is 10.9 Å². The second-order valence-electron chi connectivity index (χ2n) is 16.7. The van der Waals surface area contributed by atoms with Gasteiger partial charge in [-0.05, 0) is 112 Å². The third-order valence-electron chi connectivity index (χ3n) is 13.1. The van der Waals surface area contributed by atoms with E-state index in [1.165, 1.54) is 71.3 Å². The number of ether oxygens (including phenoxy) is 2. The fourth-order valence-electron chi connectivity index (χ4n) is 10.1. The summed E-state index contributed by atoms with van der Waals surface area (Å²) in [6, 6.07) is 72.5. The normalized spacial score (nSPS) is 12.7. The molecule has 0 aromatic heterocycles. The highest BCUT2D eigenvalue weighted by Gasteiger charge is 2.41. The molecule has 12 rings (SSSR count). The van der Waals surface area contributed by atoms with Crippen LogP contribution >= 0.6 is 0 Å². The topological polar surface area (TPSA) is 18.5 Å². The van der Waals surface area contributed by atoms with E-state index in [1.807, 2.05) is 0 Å². The van der Waals surface area contributed by atoms with Crippen molar-refractivity contribution >= 4 is 55.4 Å². The first kappa shape index (κ1) is 34.7. The van der Waals surface area contributed by atoms with Crippen molar-refractivity contribution in [1.29, 1.82) is 0 Å². The summed E-state index contributed by atoms with van der Waals surface area (Å²) in [6.07, 6.45) is 0. The number of para-hydroxylation sites is 1. The van der Waals surface area contributed by atoms with Crippen LogP contribution in [0, 0.1) is 0 Å². The summed E-state index contributed by atoms with van der Waals surface area (Å²) in [7, 11) is 0. The van der Waals surface area contributed by atoms with Gasteiger partial charge in [0.05, 0.1) is 0 Å². The highest BCUT2D eigenvalue weighted by molar-refractivity contribution is 6.98. The Kier molecular flexibility index (Phi) is 7.71. The minimum atomic E-state index is -0.215. The van der Waals surface area contributed by atoms with Crippen LogP contribution in [0.2, 0.25) is 0 Å². The first-order chi connectivity index (χ1) is 29.5. The fourth-order valence-corrected chi connectivity index (χ4v) is 10.1. The van der Waals surface area contributed by atoms with Gasteiger partial charge in [0.2, 0.25) is 0 Å². The molecular weight excluding hydrogens is 727 g/mol. The van der Waals surface area contributed by atoms with E-state index in [9.17, 15) is 0 Å². The van der Waals surface area contributed by atoms with Gasteiger partial charge in [-0.15, -0.1) is 0 Å². The van der Waals surface area contributed by atoms with E-state index in [1.54, 1.807) is 0 Å². The van der Waals surface area contributed by atoms with E-state index in [-0.39, 0.29) is 12.1 Å². The second-order valence-corrected chi connectivity index (χ2v) is 16.7. The molecule has 0 atom stereocenters. The van der Waals surface area contributed by atoms with Crippen molar-refractivity contribution in [2.75, 3.05) is 0 Å². The highest BCUT2D eigenvalue weighted by Crippen LogP contribution is 2.48. The number of hydrogen-bond acceptors (Lipinski definition) is 2. The lowest BCUT2D eigenvalue weighted by atomic mass is 9.34. The van der Waals surface area contributed by atoms with E-state index < -0.39 is 0 Å². The summed E-state index contributed by atoms with van der Waals surface area (Å²) in [6.45, 7) is 4.57. The summed E-state index contributed by atoms with van der Waals surface area (Å²) in [5, 5.41) is 7.26. The van der Waals surface area contributed by atoms with Gasteiger partial charge >= 0.3 is 0 Å². The molecule has 3 heteroatoms. The molecule has 282 valence electrons. The standard InChI is InChI=1S/C57H39BO2/c1-57(2,38-19-7-4-8-20-38)39-29-32-49-51(35-39)60-53-34-37(33-52-56(53)58(49)48-27-15-16-28-50(48)59-52)54-43-23-11-13-25-45(43)55(46-26-14-12-24-44(46)54)47-31-30-40(36-17-5-3-6-18-36)41-21-9-10-22-42(41)47/h3-35H,1-2H3. The molecule has 0 fully saturated rings. The van der Waals surface area contributed by atoms with Gasteiger partial charge in [-0.1, -0.05) is 190 Å². The van der Waals surface area contributed by atoms with Gasteiger partial charge in [-0.2, -0.15) is 0 Å². The first-order valence-corrected chi connectivity index (χ1v) is 20.9. The zero-order valence-electron chi connectivity index (χ0n) is 33.4. The Morgan fingerprint density at radius 2 is 0.850 bits per heavy atom. The zero-order valence-corrected chi connectivity index (χ0v) is 33.4. The summed E-state index contributed by atoms with van der Waals surface area (Å²) < 4.78 is 14.0. The predicted molar refractivity (Wildman–Crippen MR) is 252 cm³/mol. The van der Waals surface area contributed by atoms with Crippen LogP contribution in [0.15, 0.2) is 200 Å². The van der Waals surface area contributed by atoms with Crippen LogP contribution in [0.1, 0.15) is 25.0 Å². The smallest absolute Gasteiger partial charge is 0.260 e. The van der Waals surface area contributed by atoms with Crippen molar-refractivity contribution < 1.29 is 9.47 Å². The third kappa shape index (κ3) is 5.22. The molecule has 0 N–H and O–H groups in total. The molecule has 10 aromatic rings. The minimum Gasteiger partial charge on any atom is -0.458 e. The maximum atomic E-state index is 7.11. The largest absolute Gasteiger partial charge is 0.458 e. The van der Waals surface area contributed by atoms with Crippen molar-refractivity contribution in [2.45, 2.75) is 19.3 Å². The van der Waals surface area contributed by atoms with Gasteiger partial charge in [0.25, 0.3) is 6.71 Å². The maximum Gasteiger partial charge on any atom is 0.260 e. The van der Waals surface area contributed by atoms with E-state index >= 15 is 0 Å². The Morgan fingerprint density at radius 3 is 1.52 bits per heavy atom. The van der Waals surface area contributed by atoms with Crippen molar-refractivity contribution in [2.24, 2.45) is 0 Å². The molecule has 10 aromatic carbocycles. The lowest BCUT2D eigenvalue weighted by Crippen LogP contribution is -2.57. The Bertz CT molecular complexity index is 3290. The molecule has 2 heterocycles. The van der Waals surface area contributed by atoms with Crippen LogP contribution in [0.4, 0.5) is 0 Å². The highest BCUT2D eigenvalue weighted by atomic mass is 16.5. The number of benzene rings is 10. The lowest BCUT2D eigenvalue weighted by Gasteiger charge is -2.35. The van der Waals surface area contributed by atoms with Crippen molar-refractivity contribution in [3.63, 3.8) is 0 Å². The van der Waals surface area contributed by atoms with Crippen LogP contribution in [0.25, 0.3) is 65.7 Å². The molecule has 0 unspecified atom stereocenters. The van der Waals surface area contributed by atoms with Gasteiger partial charge in [0.1, 0.15) is 23.0 Å². The molecule has 0 radical (unpaired) electrons. The maximum absolute atomic E-state index is 7.11. The number of fused-ring (bicyclic) bond motifs is 7. The Balaban J connectivity index is 1.08. The summed E-state index contributed by atoms with van der Waals surface area (Å²) in [5.74, 6) is 3.45. The molecule has 0 saturated heterocycles. The fraction of sp³-hybridized carbons (Fsp3) is 0.0526. The van der Waals surface area contributed by atoms with Crippen LogP contribution in [0.5, 0.6) is 23.0 Å². The van der Waals surface area contributed by atoms with Gasteiger partial charge in [0.15, 0.2) is 0 Å². The molecule has 2 aliphatic rings. The van der Waals surface area contributed by atoms with Crippen LogP contribution in [-0.2, 0) is 5.41 Å². The Hall–Kier alpha value is -7.36. The first-order valence-electron chi connectivity index (χ1n) is 20.9. The molecular formula is C57H39BO2. The molecule has 0 saturated carbocycles. The minimum absolute atomic E-state index is 0.0189. The Labute approximate surface area is 350 Å². The average molecular weight is 767 g/mol. The van der Waals surface area contributed by atoms with Crippen molar-refractivity contribution in [3.05, 3.63) is 211 Å². The third-order valence-corrected chi connectivity index (χ3v) is 13.1. The zero-order chi connectivity index (χ0) is 40.0. The second kappa shape index (κ2) is 13.3. The molecule has 0 bridgehead atoms. The molecule has 60 heavy (non-hydrogen) atoms. The number of rotatable bonds is 5. The molecule has 0 amide bonds. The number of hydrogen-bond donors (Lipinski definition) is 0. The summed E-state index contributed by atoms with van der Waals surface area (Å²) >= 11 is 0. The Morgan fingerprint density at radius 1 is 0.350 bits per heavy atom. The van der Waals surface area contributed by atoms with Crippen LogP contribution in [-0.4, -0.2) is 6.71 Å². The molecule has 2 nitrogen and oxygen atoms in total. The quantitative estimate of drug-likeness (QED) is 0.128. The monoisotopic (exact) mass is 766 g/mol.